The first-order chi connectivity index (χ1) is 16.6. The topological polar surface area (TPSA) is 119 Å². The van der Waals surface area contributed by atoms with Crippen LogP contribution in [0.25, 0.3) is 11.1 Å². The van der Waals surface area contributed by atoms with Crippen molar-refractivity contribution in [3.63, 3.8) is 0 Å². The molecule has 8 nitrogen and oxygen atoms in total. The molecule has 1 aliphatic carbocycles. The first-order valence-electron chi connectivity index (χ1n) is 12.2. The number of benzene rings is 2. The third-order valence-corrected chi connectivity index (χ3v) is 8.23. The molecule has 1 fully saturated rings. The highest BCUT2D eigenvalue weighted by Gasteiger charge is 2.46. The summed E-state index contributed by atoms with van der Waals surface area (Å²) in [6.07, 6.45) is -2.00. The fraction of sp³-hybridized carbons (Fsp3) is 0.538. The van der Waals surface area contributed by atoms with Crippen molar-refractivity contribution >= 4 is 10.0 Å². The number of hydrogen-bond donors (Lipinski definition) is 4. The molecule has 9 heteroatoms. The monoisotopic (exact) mass is 504 g/mol. The van der Waals surface area contributed by atoms with Crippen molar-refractivity contribution in [2.24, 2.45) is 11.3 Å². The fourth-order valence-electron chi connectivity index (χ4n) is 5.26. The van der Waals surface area contributed by atoms with Crippen LogP contribution in [0.2, 0.25) is 0 Å². The summed E-state index contributed by atoms with van der Waals surface area (Å²) in [5, 5.41) is 31.5. The van der Waals surface area contributed by atoms with Crippen molar-refractivity contribution in [1.29, 1.82) is 0 Å². The largest absolute Gasteiger partial charge is 0.492 e. The average molecular weight is 505 g/mol. The molecule has 1 unspecified atom stereocenters. The molecule has 1 saturated carbocycles. The van der Waals surface area contributed by atoms with Gasteiger partial charge < -0.3 is 20.1 Å². The first-order valence-corrected chi connectivity index (χ1v) is 13.6. The molecule has 2 aliphatic rings. The molecule has 0 radical (unpaired) electrons. The molecule has 4 atom stereocenters. The van der Waals surface area contributed by atoms with E-state index in [9.17, 15) is 23.7 Å². The number of fused-ring (bicyclic) bond motifs is 1. The van der Waals surface area contributed by atoms with Gasteiger partial charge in [0.2, 0.25) is 10.0 Å². The van der Waals surface area contributed by atoms with Gasteiger partial charge in [0.15, 0.2) is 0 Å². The summed E-state index contributed by atoms with van der Waals surface area (Å²) in [4.78, 5) is 2.08. The van der Waals surface area contributed by atoms with E-state index in [4.69, 9.17) is 4.74 Å². The maximum atomic E-state index is 13.2. The van der Waals surface area contributed by atoms with E-state index in [1.165, 1.54) is 6.07 Å². The minimum absolute atomic E-state index is 0.00163. The van der Waals surface area contributed by atoms with Crippen LogP contribution in [0.5, 0.6) is 5.75 Å². The lowest BCUT2D eigenvalue weighted by Crippen LogP contribution is -2.47. The smallest absolute Gasteiger partial charge is 0.244 e. The van der Waals surface area contributed by atoms with E-state index in [1.807, 2.05) is 30.3 Å². The SMILES string of the molecule is CC(C)CN1C[C@@H](O)CNS(=O)(=O)c2ccc(-c3ccccc3)cc2OCC2(C[C@@H](O)[C@@H](O)C2)C1. The summed E-state index contributed by atoms with van der Waals surface area (Å²) < 4.78 is 35.1. The maximum Gasteiger partial charge on any atom is 0.244 e. The van der Waals surface area contributed by atoms with Crippen molar-refractivity contribution in [1.82, 2.24) is 9.62 Å². The highest BCUT2D eigenvalue weighted by molar-refractivity contribution is 7.89. The van der Waals surface area contributed by atoms with Crippen LogP contribution >= 0.6 is 0 Å². The predicted molar refractivity (Wildman–Crippen MR) is 134 cm³/mol. The van der Waals surface area contributed by atoms with Gasteiger partial charge in [-0.1, -0.05) is 50.2 Å². The van der Waals surface area contributed by atoms with Crippen LogP contribution in [0.15, 0.2) is 53.4 Å². The van der Waals surface area contributed by atoms with Gasteiger partial charge in [0, 0.05) is 31.6 Å². The third kappa shape index (κ3) is 6.22. The minimum atomic E-state index is -3.95. The Hall–Kier alpha value is -2.01. The van der Waals surface area contributed by atoms with E-state index in [0.29, 0.717) is 31.8 Å². The molecule has 2 aromatic rings. The Balaban J connectivity index is 1.75. The number of rotatable bonds is 3. The molecule has 0 saturated heterocycles. The summed E-state index contributed by atoms with van der Waals surface area (Å²) in [7, 11) is -3.95. The van der Waals surface area contributed by atoms with E-state index < -0.39 is 33.8 Å². The number of β-amino-alcohol motifs (C(OH)–C–C–N with tert-alkyl or cyclic N) is 1. The van der Waals surface area contributed by atoms with Gasteiger partial charge in [-0.3, -0.25) is 4.90 Å². The minimum Gasteiger partial charge on any atom is -0.492 e. The van der Waals surface area contributed by atoms with Gasteiger partial charge in [-0.2, -0.15) is 0 Å². The quantitative estimate of drug-likeness (QED) is 0.504. The Kier molecular flexibility index (Phi) is 7.85. The maximum absolute atomic E-state index is 13.2. The molecule has 4 rings (SSSR count). The number of aliphatic hydroxyl groups excluding tert-OH is 3. The van der Waals surface area contributed by atoms with Crippen LogP contribution in [0.1, 0.15) is 26.7 Å². The predicted octanol–water partition coefficient (Wildman–Crippen LogP) is 1.85. The highest BCUT2D eigenvalue weighted by atomic mass is 32.2. The first kappa shape index (κ1) is 26.1. The Labute approximate surface area is 207 Å². The number of nitrogens with zero attached hydrogens (tertiary/aromatic N) is 1. The molecule has 2 aromatic carbocycles. The molecule has 4 N–H and O–H groups in total. The molecule has 1 aliphatic heterocycles. The fourth-order valence-corrected chi connectivity index (χ4v) is 6.46. The lowest BCUT2D eigenvalue weighted by molar-refractivity contribution is 0.0413. The molecule has 35 heavy (non-hydrogen) atoms. The van der Waals surface area contributed by atoms with Crippen LogP contribution in [-0.4, -0.2) is 79.7 Å². The Bertz CT molecular complexity index is 1100. The van der Waals surface area contributed by atoms with Gasteiger partial charge in [0.25, 0.3) is 0 Å². The second kappa shape index (κ2) is 10.5. The van der Waals surface area contributed by atoms with Crippen molar-refractivity contribution in [3.05, 3.63) is 48.5 Å². The van der Waals surface area contributed by atoms with Crippen LogP contribution in [0, 0.1) is 11.3 Å². The number of sulfonamides is 1. The number of nitrogens with one attached hydrogen (secondary N) is 1. The van der Waals surface area contributed by atoms with E-state index in [-0.39, 0.29) is 30.3 Å². The van der Waals surface area contributed by atoms with Gasteiger partial charge in [-0.25, -0.2) is 13.1 Å². The summed E-state index contributed by atoms with van der Waals surface area (Å²) in [6, 6.07) is 14.6. The Morgan fingerprint density at radius 1 is 1.06 bits per heavy atom. The summed E-state index contributed by atoms with van der Waals surface area (Å²) >= 11 is 0. The van der Waals surface area contributed by atoms with Crippen molar-refractivity contribution < 1.29 is 28.5 Å². The molecular formula is C26H36N2O6S. The molecular weight excluding hydrogens is 468 g/mol. The van der Waals surface area contributed by atoms with Gasteiger partial charge in [-0.05, 0) is 42.0 Å². The molecule has 0 bridgehead atoms. The van der Waals surface area contributed by atoms with Gasteiger partial charge in [-0.15, -0.1) is 0 Å². The third-order valence-electron chi connectivity index (χ3n) is 6.76. The van der Waals surface area contributed by atoms with E-state index in [2.05, 4.69) is 23.5 Å². The van der Waals surface area contributed by atoms with Gasteiger partial charge in [0.05, 0.1) is 24.9 Å². The van der Waals surface area contributed by atoms with E-state index in [0.717, 1.165) is 11.1 Å². The van der Waals surface area contributed by atoms with Crippen LogP contribution < -0.4 is 9.46 Å². The zero-order valence-corrected chi connectivity index (χ0v) is 21.1. The molecule has 192 valence electrons. The summed E-state index contributed by atoms with van der Waals surface area (Å²) in [5.74, 6) is 0.523. The lowest BCUT2D eigenvalue weighted by Gasteiger charge is -2.37. The normalized spacial score (nSPS) is 29.8. The van der Waals surface area contributed by atoms with Crippen molar-refractivity contribution in [3.8, 4) is 16.9 Å². The van der Waals surface area contributed by atoms with Crippen LogP contribution in [0.4, 0.5) is 0 Å². The van der Waals surface area contributed by atoms with Crippen molar-refractivity contribution in [2.45, 2.75) is 49.9 Å². The van der Waals surface area contributed by atoms with Crippen LogP contribution in [-0.2, 0) is 10.0 Å². The number of hydrogen-bond acceptors (Lipinski definition) is 7. The zero-order chi connectivity index (χ0) is 25.2. The zero-order valence-electron chi connectivity index (χ0n) is 20.3. The molecule has 1 spiro atoms. The second-order valence-electron chi connectivity index (χ2n) is 10.5. The Morgan fingerprint density at radius 2 is 1.74 bits per heavy atom. The lowest BCUT2D eigenvalue weighted by atomic mass is 9.85. The molecule has 0 aromatic heterocycles. The van der Waals surface area contributed by atoms with Gasteiger partial charge in [0.1, 0.15) is 10.6 Å². The number of aliphatic hydroxyl groups is 3. The van der Waals surface area contributed by atoms with E-state index in [1.54, 1.807) is 12.1 Å². The number of ether oxygens (including phenoxy) is 1. The summed E-state index contributed by atoms with van der Waals surface area (Å²) in [6.45, 7) is 5.63. The molecule has 1 heterocycles. The van der Waals surface area contributed by atoms with Crippen molar-refractivity contribution in [2.75, 3.05) is 32.8 Å². The van der Waals surface area contributed by atoms with Gasteiger partial charge >= 0.3 is 0 Å². The summed E-state index contributed by atoms with van der Waals surface area (Å²) in [5.41, 5.74) is 1.15. The average Bonchev–Trinajstić information content (AvgIpc) is 3.08. The van der Waals surface area contributed by atoms with Crippen LogP contribution in [0.3, 0.4) is 0 Å². The highest BCUT2D eigenvalue weighted by Crippen LogP contribution is 2.41. The van der Waals surface area contributed by atoms with E-state index >= 15 is 0 Å². The Morgan fingerprint density at radius 3 is 2.40 bits per heavy atom. The molecule has 0 amide bonds. The standard InChI is InChI=1S/C26H36N2O6S/c1-18(2)14-28-15-21(29)13-27-35(32,33)25-9-8-20(19-6-4-3-5-7-19)10-24(25)34-17-26(16-28)11-22(30)23(31)12-26/h3-10,18,21-23,27,29-31H,11-17H2,1-2H3/t21-,22-,23+,26?/m0/s1. The second-order valence-corrected chi connectivity index (χ2v) is 12.2.